The Morgan fingerprint density at radius 3 is 2.41 bits per heavy atom. The van der Waals surface area contributed by atoms with Crippen molar-refractivity contribution in [1.82, 2.24) is 20.9 Å². The maximum absolute atomic E-state index is 11.5. The Hall–Kier alpha value is -1.35. The summed E-state index contributed by atoms with van der Waals surface area (Å²) in [7, 11) is 3.51. The lowest BCUT2D eigenvalue weighted by Gasteiger charge is -2.32. The largest absolute Gasteiger partial charge is 0.358 e. The Morgan fingerprint density at radius 1 is 1.21 bits per heavy atom. The fourth-order valence-corrected chi connectivity index (χ4v) is 3.47. The first-order valence-electron chi connectivity index (χ1n) is 10.5. The third-order valence-electron chi connectivity index (χ3n) is 5.38. The normalized spacial score (nSPS) is 15.7. The van der Waals surface area contributed by atoms with Gasteiger partial charge in [-0.1, -0.05) is 38.1 Å². The van der Waals surface area contributed by atoms with Gasteiger partial charge in [-0.15, -0.1) is 24.0 Å². The molecule has 0 spiro atoms. The van der Waals surface area contributed by atoms with Crippen LogP contribution in [0.25, 0.3) is 0 Å². The molecule has 29 heavy (non-hydrogen) atoms. The SMILES string of the molecule is CN=C(NCCCc1ccc(C(C)C)cc1)NC1CCN(CC(=O)NC)CC1.I. The van der Waals surface area contributed by atoms with E-state index >= 15 is 0 Å². The van der Waals surface area contributed by atoms with Crippen molar-refractivity contribution in [2.45, 2.75) is 51.5 Å². The highest BCUT2D eigenvalue weighted by Crippen LogP contribution is 2.15. The number of aliphatic imine (C=N–C) groups is 1. The summed E-state index contributed by atoms with van der Waals surface area (Å²) in [6.07, 6.45) is 4.20. The first-order chi connectivity index (χ1) is 13.5. The zero-order chi connectivity index (χ0) is 20.4. The van der Waals surface area contributed by atoms with E-state index in [9.17, 15) is 4.79 Å². The number of carbonyl (C=O) groups excluding carboxylic acids is 1. The fraction of sp³-hybridized carbons (Fsp3) is 0.636. The summed E-state index contributed by atoms with van der Waals surface area (Å²) >= 11 is 0. The molecule has 1 fully saturated rings. The van der Waals surface area contributed by atoms with E-state index in [1.54, 1.807) is 7.05 Å². The average Bonchev–Trinajstić information content (AvgIpc) is 2.71. The highest BCUT2D eigenvalue weighted by Gasteiger charge is 2.21. The van der Waals surface area contributed by atoms with Gasteiger partial charge >= 0.3 is 0 Å². The number of carbonyl (C=O) groups is 1. The number of nitrogens with zero attached hydrogens (tertiary/aromatic N) is 2. The highest BCUT2D eigenvalue weighted by atomic mass is 127. The minimum atomic E-state index is 0. The molecule has 1 aromatic rings. The van der Waals surface area contributed by atoms with E-state index in [1.165, 1.54) is 11.1 Å². The lowest BCUT2D eigenvalue weighted by atomic mass is 10.0. The summed E-state index contributed by atoms with van der Waals surface area (Å²) < 4.78 is 0. The summed E-state index contributed by atoms with van der Waals surface area (Å²) in [6.45, 7) is 7.73. The molecule has 7 heteroatoms. The molecule has 0 aliphatic carbocycles. The zero-order valence-electron chi connectivity index (χ0n) is 18.3. The van der Waals surface area contributed by atoms with E-state index in [0.29, 0.717) is 18.5 Å². The summed E-state index contributed by atoms with van der Waals surface area (Å²) in [5, 5.41) is 9.64. The maximum atomic E-state index is 11.5. The van der Waals surface area contributed by atoms with Crippen LogP contribution in [0, 0.1) is 0 Å². The van der Waals surface area contributed by atoms with Gasteiger partial charge in [0.1, 0.15) is 0 Å². The molecule has 1 aromatic carbocycles. The third kappa shape index (κ3) is 9.33. The minimum absolute atomic E-state index is 0. The molecule has 1 saturated heterocycles. The molecule has 164 valence electrons. The van der Waals surface area contributed by atoms with Crippen molar-refractivity contribution >= 4 is 35.8 Å². The molecular weight excluding hydrogens is 477 g/mol. The van der Waals surface area contributed by atoms with Crippen LogP contribution >= 0.6 is 24.0 Å². The second kappa shape index (κ2) is 13.8. The number of halogens is 1. The second-order valence-corrected chi connectivity index (χ2v) is 7.87. The van der Waals surface area contributed by atoms with Crippen LogP contribution in [-0.4, -0.2) is 63.1 Å². The third-order valence-corrected chi connectivity index (χ3v) is 5.38. The zero-order valence-corrected chi connectivity index (χ0v) is 20.7. The summed E-state index contributed by atoms with van der Waals surface area (Å²) in [5.41, 5.74) is 2.78. The predicted octanol–water partition coefficient (Wildman–Crippen LogP) is 2.74. The molecule has 1 aliphatic rings. The van der Waals surface area contributed by atoms with Gasteiger partial charge in [0.25, 0.3) is 0 Å². The first kappa shape index (κ1) is 25.7. The van der Waals surface area contributed by atoms with Crippen molar-refractivity contribution in [3.05, 3.63) is 35.4 Å². The van der Waals surface area contributed by atoms with Crippen LogP contribution in [0.5, 0.6) is 0 Å². The Bertz CT molecular complexity index is 625. The summed E-state index contributed by atoms with van der Waals surface area (Å²) in [6, 6.07) is 9.38. The number of rotatable bonds is 8. The summed E-state index contributed by atoms with van der Waals surface area (Å²) in [4.78, 5) is 18.0. The van der Waals surface area contributed by atoms with Gasteiger partial charge in [0, 0.05) is 39.8 Å². The molecular formula is C22H38IN5O. The van der Waals surface area contributed by atoms with Gasteiger partial charge in [0.2, 0.25) is 5.91 Å². The van der Waals surface area contributed by atoms with Gasteiger partial charge in [0.05, 0.1) is 6.54 Å². The molecule has 6 nitrogen and oxygen atoms in total. The van der Waals surface area contributed by atoms with Crippen LogP contribution in [0.3, 0.4) is 0 Å². The highest BCUT2D eigenvalue weighted by molar-refractivity contribution is 14.0. The number of hydrogen-bond donors (Lipinski definition) is 3. The molecule has 2 rings (SSSR count). The topological polar surface area (TPSA) is 68.8 Å². The number of guanidine groups is 1. The molecule has 0 bridgehead atoms. The van der Waals surface area contributed by atoms with Gasteiger partial charge in [-0.2, -0.15) is 0 Å². The van der Waals surface area contributed by atoms with Crippen molar-refractivity contribution in [2.75, 3.05) is 40.3 Å². The Morgan fingerprint density at radius 2 is 1.86 bits per heavy atom. The standard InChI is InChI=1S/C22H37N5O.HI/c1-17(2)19-9-7-18(8-10-19)6-5-13-25-22(24-4)26-20-11-14-27(15-12-20)16-21(28)23-3;/h7-10,17,20H,5-6,11-16H2,1-4H3,(H,23,28)(H2,24,25,26);1H. The lowest BCUT2D eigenvalue weighted by molar-refractivity contribution is -0.122. The Labute approximate surface area is 193 Å². The van der Waals surface area contributed by atoms with E-state index in [0.717, 1.165) is 51.3 Å². The molecule has 0 aromatic heterocycles. The number of nitrogens with one attached hydrogen (secondary N) is 3. The number of likely N-dealkylation sites (N-methyl/N-ethyl adjacent to an activating group) is 1. The Kier molecular flexibility index (Phi) is 12.2. The molecule has 1 aliphatic heterocycles. The van der Waals surface area contributed by atoms with Crippen LogP contribution in [0.15, 0.2) is 29.3 Å². The summed E-state index contributed by atoms with van der Waals surface area (Å²) in [5.74, 6) is 1.54. The number of likely N-dealkylation sites (tertiary alicyclic amines) is 1. The van der Waals surface area contributed by atoms with E-state index in [-0.39, 0.29) is 29.9 Å². The molecule has 1 heterocycles. The molecule has 0 unspecified atom stereocenters. The van der Waals surface area contributed by atoms with Crippen LogP contribution in [-0.2, 0) is 11.2 Å². The fourth-order valence-electron chi connectivity index (χ4n) is 3.47. The monoisotopic (exact) mass is 515 g/mol. The molecule has 0 radical (unpaired) electrons. The smallest absolute Gasteiger partial charge is 0.233 e. The van der Waals surface area contributed by atoms with Gasteiger partial charge in [-0.3, -0.25) is 14.7 Å². The van der Waals surface area contributed by atoms with E-state index in [2.05, 4.69) is 64.0 Å². The molecule has 3 N–H and O–H groups in total. The van der Waals surface area contributed by atoms with Gasteiger partial charge in [-0.25, -0.2) is 0 Å². The quantitative estimate of drug-likeness (QED) is 0.216. The number of hydrogen-bond acceptors (Lipinski definition) is 3. The van der Waals surface area contributed by atoms with Crippen molar-refractivity contribution in [1.29, 1.82) is 0 Å². The molecule has 0 saturated carbocycles. The maximum Gasteiger partial charge on any atom is 0.233 e. The number of amides is 1. The number of benzene rings is 1. The van der Waals surface area contributed by atoms with E-state index in [4.69, 9.17) is 0 Å². The van der Waals surface area contributed by atoms with Crippen molar-refractivity contribution in [3.63, 3.8) is 0 Å². The van der Waals surface area contributed by atoms with Gasteiger partial charge in [-0.05, 0) is 42.7 Å². The second-order valence-electron chi connectivity index (χ2n) is 7.87. The van der Waals surface area contributed by atoms with Crippen molar-refractivity contribution < 1.29 is 4.79 Å². The lowest BCUT2D eigenvalue weighted by Crippen LogP contribution is -2.50. The van der Waals surface area contributed by atoms with Crippen molar-refractivity contribution in [2.24, 2.45) is 4.99 Å². The minimum Gasteiger partial charge on any atom is -0.358 e. The predicted molar refractivity (Wildman–Crippen MR) is 132 cm³/mol. The van der Waals surface area contributed by atoms with Crippen molar-refractivity contribution in [3.8, 4) is 0 Å². The number of piperidine rings is 1. The number of aryl methyl sites for hydroxylation is 1. The molecule has 0 atom stereocenters. The van der Waals surface area contributed by atoms with E-state index in [1.807, 2.05) is 7.05 Å². The van der Waals surface area contributed by atoms with Crippen LogP contribution in [0.2, 0.25) is 0 Å². The molecule has 1 amide bonds. The van der Waals surface area contributed by atoms with Gasteiger partial charge in [0.15, 0.2) is 5.96 Å². The first-order valence-corrected chi connectivity index (χ1v) is 10.5. The Balaban J connectivity index is 0.00000420. The van der Waals surface area contributed by atoms with E-state index < -0.39 is 0 Å². The van der Waals surface area contributed by atoms with Crippen LogP contribution in [0.4, 0.5) is 0 Å². The van der Waals surface area contributed by atoms with Gasteiger partial charge < -0.3 is 16.0 Å². The van der Waals surface area contributed by atoms with Crippen LogP contribution in [0.1, 0.15) is 50.2 Å². The van der Waals surface area contributed by atoms with Crippen LogP contribution < -0.4 is 16.0 Å². The average molecular weight is 515 g/mol.